The van der Waals surface area contributed by atoms with E-state index in [9.17, 15) is 23.6 Å². The maximum absolute atomic E-state index is 18.4. The zero-order valence-electron chi connectivity index (χ0n) is 24.2. The number of rotatable bonds is 6. The number of allylic oxidation sites excluding steroid dienone is 4. The number of furan rings is 2. The molecule has 3 fully saturated rings. The van der Waals surface area contributed by atoms with Crippen LogP contribution in [0.4, 0.5) is 13.2 Å². The summed E-state index contributed by atoms with van der Waals surface area (Å²) in [5.74, 6) is -5.56. The molecule has 9 atom stereocenters. The molecule has 0 aliphatic heterocycles. The van der Waals surface area contributed by atoms with Crippen molar-refractivity contribution >= 4 is 34.6 Å². The van der Waals surface area contributed by atoms with Crippen LogP contribution >= 0.6 is 11.8 Å². The van der Waals surface area contributed by atoms with Crippen LogP contribution in [0.25, 0.3) is 0 Å². The third kappa shape index (κ3) is 4.05. The van der Waals surface area contributed by atoms with Crippen LogP contribution in [-0.2, 0) is 19.1 Å². The quantitative estimate of drug-likeness (QED) is 0.335. The van der Waals surface area contributed by atoms with Crippen molar-refractivity contribution < 1.29 is 50.7 Å². The number of carbonyl (C=O) groups is 4. The molecule has 3 saturated carbocycles. The Morgan fingerprint density at radius 3 is 2.32 bits per heavy atom. The molecule has 0 amide bonds. The molecule has 12 heteroatoms. The van der Waals surface area contributed by atoms with Crippen LogP contribution in [0.15, 0.2) is 69.4 Å². The molecule has 0 radical (unpaired) electrons. The fraction of sp³-hybridized carbons (Fsp3) is 0.500. The Morgan fingerprint density at radius 1 is 1.05 bits per heavy atom. The van der Waals surface area contributed by atoms with Crippen molar-refractivity contribution in [3.63, 3.8) is 0 Å². The molecule has 0 unspecified atom stereocenters. The first-order valence-corrected chi connectivity index (χ1v) is 15.3. The number of carbonyl (C=O) groups excluding carboxylic acids is 4. The van der Waals surface area contributed by atoms with Gasteiger partial charge in [-0.2, -0.15) is 0 Å². The van der Waals surface area contributed by atoms with Crippen molar-refractivity contribution in [2.75, 3.05) is 6.01 Å². The van der Waals surface area contributed by atoms with Crippen molar-refractivity contribution in [1.82, 2.24) is 0 Å². The molecule has 44 heavy (non-hydrogen) atoms. The molecule has 4 aliphatic carbocycles. The molecule has 2 aromatic heterocycles. The third-order valence-corrected chi connectivity index (χ3v) is 11.3. The lowest BCUT2D eigenvalue weighted by molar-refractivity contribution is -0.221. The van der Waals surface area contributed by atoms with E-state index in [1.54, 1.807) is 13.8 Å². The van der Waals surface area contributed by atoms with Crippen LogP contribution in [-0.4, -0.2) is 52.4 Å². The van der Waals surface area contributed by atoms with Crippen molar-refractivity contribution in [2.24, 2.45) is 28.6 Å². The van der Waals surface area contributed by atoms with Gasteiger partial charge in [-0.15, -0.1) is 0 Å². The van der Waals surface area contributed by atoms with Gasteiger partial charge >= 0.3 is 11.9 Å². The topological polar surface area (TPSA) is 113 Å². The number of thioether (sulfide) groups is 1. The van der Waals surface area contributed by atoms with E-state index >= 15 is 8.78 Å². The molecule has 0 saturated heterocycles. The van der Waals surface area contributed by atoms with E-state index in [4.69, 9.17) is 18.3 Å². The average molecular weight is 633 g/mol. The van der Waals surface area contributed by atoms with E-state index in [1.165, 1.54) is 55.9 Å². The van der Waals surface area contributed by atoms with Crippen LogP contribution in [0.2, 0.25) is 0 Å². The molecule has 0 spiro atoms. The van der Waals surface area contributed by atoms with Gasteiger partial charge in [-0.25, -0.2) is 22.8 Å². The summed E-state index contributed by atoms with van der Waals surface area (Å²) in [4.78, 5) is 52.9. The minimum absolute atomic E-state index is 0.0583. The van der Waals surface area contributed by atoms with Gasteiger partial charge in [-0.05, 0) is 85.9 Å². The molecular formula is C32H31F3O8S. The van der Waals surface area contributed by atoms with Crippen LogP contribution in [0, 0.1) is 28.6 Å². The second-order valence-electron chi connectivity index (χ2n) is 12.5. The summed E-state index contributed by atoms with van der Waals surface area (Å²) in [7, 11) is 0. The first kappa shape index (κ1) is 30.5. The van der Waals surface area contributed by atoms with E-state index in [2.05, 4.69) is 0 Å². The predicted octanol–water partition coefficient (Wildman–Crippen LogP) is 6.38. The first-order chi connectivity index (χ1) is 20.8. The van der Waals surface area contributed by atoms with Gasteiger partial charge in [-0.1, -0.05) is 19.9 Å². The predicted molar refractivity (Wildman–Crippen MR) is 151 cm³/mol. The second-order valence-corrected chi connectivity index (χ2v) is 13.4. The monoisotopic (exact) mass is 632 g/mol. The SMILES string of the molecule is C[C@@H]1C[C@H]2[C@@H]3C[C@H](F)C4=CC(=O)C=C[C@]4(C)[C@@]3(F)[C@@H](OC(=O)c3ccco3)C[C@]2(C)[C@@]1(OC(=O)c1ccco1)C(=O)SCF. The van der Waals surface area contributed by atoms with Crippen LogP contribution in [0.1, 0.15) is 61.1 Å². The molecule has 4 aliphatic rings. The number of ether oxygens (including phenoxy) is 2. The Labute approximate surface area is 255 Å². The summed E-state index contributed by atoms with van der Waals surface area (Å²) < 4.78 is 70.5. The van der Waals surface area contributed by atoms with Gasteiger partial charge in [0.05, 0.1) is 12.5 Å². The number of esters is 2. The van der Waals surface area contributed by atoms with E-state index < -0.39 is 81.0 Å². The van der Waals surface area contributed by atoms with Gasteiger partial charge in [-0.3, -0.25) is 9.59 Å². The van der Waals surface area contributed by atoms with E-state index in [1.807, 2.05) is 0 Å². The molecule has 8 nitrogen and oxygen atoms in total. The highest BCUT2D eigenvalue weighted by atomic mass is 32.2. The van der Waals surface area contributed by atoms with Gasteiger partial charge in [0.1, 0.15) is 18.3 Å². The van der Waals surface area contributed by atoms with Gasteiger partial charge in [0, 0.05) is 22.7 Å². The van der Waals surface area contributed by atoms with Crippen LogP contribution in [0.3, 0.4) is 0 Å². The Balaban J connectivity index is 1.53. The molecule has 6 rings (SSSR count). The fourth-order valence-corrected chi connectivity index (χ4v) is 9.43. The minimum Gasteiger partial charge on any atom is -0.457 e. The second kappa shape index (κ2) is 10.5. The Hall–Kier alpha value is -3.54. The summed E-state index contributed by atoms with van der Waals surface area (Å²) in [6.45, 7) is 4.76. The molecule has 0 bridgehead atoms. The van der Waals surface area contributed by atoms with Crippen molar-refractivity contribution in [3.8, 4) is 0 Å². The van der Waals surface area contributed by atoms with E-state index in [0.717, 1.165) is 6.08 Å². The normalized spacial score (nSPS) is 39.1. The highest BCUT2D eigenvalue weighted by Gasteiger charge is 2.79. The minimum atomic E-state index is -2.46. The Bertz CT molecular complexity index is 1550. The highest BCUT2D eigenvalue weighted by molar-refractivity contribution is 8.13. The summed E-state index contributed by atoms with van der Waals surface area (Å²) in [6, 6.07) is 4.50. The van der Waals surface area contributed by atoms with Crippen LogP contribution < -0.4 is 0 Å². The van der Waals surface area contributed by atoms with Gasteiger partial charge in [0.15, 0.2) is 17.1 Å². The number of hydrogen-bond acceptors (Lipinski definition) is 9. The first-order valence-electron chi connectivity index (χ1n) is 14.4. The summed E-state index contributed by atoms with van der Waals surface area (Å²) in [5, 5.41) is -0.789. The smallest absolute Gasteiger partial charge is 0.375 e. The van der Waals surface area contributed by atoms with Crippen LogP contribution in [0.5, 0.6) is 0 Å². The lowest BCUT2D eigenvalue weighted by Crippen LogP contribution is -2.71. The maximum atomic E-state index is 18.4. The molecule has 2 heterocycles. The zero-order chi connectivity index (χ0) is 31.7. The lowest BCUT2D eigenvalue weighted by Gasteiger charge is -2.63. The zero-order valence-corrected chi connectivity index (χ0v) is 25.0. The summed E-state index contributed by atoms with van der Waals surface area (Å²) in [5.41, 5.74) is -7.68. The number of halogens is 3. The van der Waals surface area contributed by atoms with Gasteiger partial charge in [0.25, 0.3) is 0 Å². The summed E-state index contributed by atoms with van der Waals surface area (Å²) >= 11 is 0.323. The fourth-order valence-electron chi connectivity index (χ4n) is 8.64. The Morgan fingerprint density at radius 2 is 1.70 bits per heavy atom. The lowest BCUT2D eigenvalue weighted by atomic mass is 9.44. The van der Waals surface area contributed by atoms with Gasteiger partial charge < -0.3 is 18.3 Å². The Kier molecular flexibility index (Phi) is 7.29. The maximum Gasteiger partial charge on any atom is 0.375 e. The van der Waals surface area contributed by atoms with Gasteiger partial charge in [0.2, 0.25) is 16.6 Å². The molecule has 0 aromatic carbocycles. The number of alkyl halides is 3. The molecule has 2 aromatic rings. The number of hydrogen-bond donors (Lipinski definition) is 0. The third-order valence-electron chi connectivity index (χ3n) is 10.6. The summed E-state index contributed by atoms with van der Waals surface area (Å²) in [6.07, 6.45) is 2.15. The van der Waals surface area contributed by atoms with E-state index in [-0.39, 0.29) is 36.4 Å². The largest absolute Gasteiger partial charge is 0.457 e. The number of ketones is 1. The van der Waals surface area contributed by atoms with Crippen molar-refractivity contribution in [2.45, 2.75) is 63.6 Å². The van der Waals surface area contributed by atoms with Crippen molar-refractivity contribution in [1.29, 1.82) is 0 Å². The van der Waals surface area contributed by atoms with E-state index in [0.29, 0.717) is 11.8 Å². The molecular weight excluding hydrogens is 601 g/mol. The highest BCUT2D eigenvalue weighted by Crippen LogP contribution is 2.72. The molecule has 234 valence electrons. The van der Waals surface area contributed by atoms with Crippen molar-refractivity contribution in [3.05, 3.63) is 72.1 Å². The average Bonchev–Trinajstić information content (AvgIpc) is 3.75. The standard InChI is InChI=1S/C32H31F3O8S/c1-17-12-19-20-14-22(34)21-13-18(36)8-9-29(21,2)31(20,35)25(42-26(37)23-6-4-10-40-23)15-30(19,3)32(17,28(39)44-16-33)43-27(38)24-7-5-11-41-24/h4-11,13,17,19-20,22,25H,12,14-16H2,1-3H3/t17-,19+,20+,22+,25+,29+,30+,31+,32+/m1/s1. The number of fused-ring (bicyclic) bond motifs is 5. The molecule has 0 N–H and O–H groups in total.